The second kappa shape index (κ2) is 4.69. The Bertz CT molecular complexity index is 517. The van der Waals surface area contributed by atoms with E-state index in [-0.39, 0.29) is 12.3 Å². The number of ether oxygens (including phenoxy) is 1. The van der Waals surface area contributed by atoms with E-state index < -0.39 is 5.97 Å². The van der Waals surface area contributed by atoms with Gasteiger partial charge in [0, 0.05) is 5.56 Å². The number of carbonyl (C=O) groups is 1. The molecule has 0 saturated carbocycles. The number of nitrogens with zero attached hydrogens (tertiary/aromatic N) is 1. The number of H-pyrrole nitrogens is 1. The van der Waals surface area contributed by atoms with Crippen LogP contribution in [-0.4, -0.2) is 21.3 Å². The molecule has 0 aliphatic heterocycles. The number of benzene rings is 1. The van der Waals surface area contributed by atoms with Crippen LogP contribution in [0.1, 0.15) is 21.6 Å². The van der Waals surface area contributed by atoms with Crippen molar-refractivity contribution in [3.63, 3.8) is 0 Å². The van der Waals surface area contributed by atoms with E-state index in [1.807, 2.05) is 31.2 Å². The number of aromatic carboxylic acids is 1. The molecule has 88 valence electrons. The Morgan fingerprint density at radius 3 is 2.76 bits per heavy atom. The largest absolute Gasteiger partial charge is 0.489 e. The van der Waals surface area contributed by atoms with Crippen LogP contribution in [0.15, 0.2) is 30.5 Å². The monoisotopic (exact) mass is 232 g/mol. The fourth-order valence-corrected chi connectivity index (χ4v) is 1.40. The SMILES string of the molecule is Cc1ccc(OCc2cn[nH]c2C(=O)O)cc1. The molecule has 5 nitrogen and oxygen atoms in total. The fourth-order valence-electron chi connectivity index (χ4n) is 1.40. The highest BCUT2D eigenvalue weighted by molar-refractivity contribution is 5.86. The van der Waals surface area contributed by atoms with Crippen molar-refractivity contribution in [3.05, 3.63) is 47.3 Å². The third-order valence-electron chi connectivity index (χ3n) is 2.35. The number of hydrogen-bond donors (Lipinski definition) is 2. The first-order chi connectivity index (χ1) is 8.16. The van der Waals surface area contributed by atoms with Crippen LogP contribution in [0.3, 0.4) is 0 Å². The Labute approximate surface area is 98.0 Å². The molecule has 2 N–H and O–H groups in total. The summed E-state index contributed by atoms with van der Waals surface area (Å²) >= 11 is 0. The highest BCUT2D eigenvalue weighted by Gasteiger charge is 2.12. The van der Waals surface area contributed by atoms with E-state index in [0.29, 0.717) is 11.3 Å². The third kappa shape index (κ3) is 2.63. The molecule has 2 aromatic rings. The summed E-state index contributed by atoms with van der Waals surface area (Å²) in [7, 11) is 0. The molecule has 0 saturated heterocycles. The number of aryl methyl sites for hydroxylation is 1. The Morgan fingerprint density at radius 2 is 2.12 bits per heavy atom. The van der Waals surface area contributed by atoms with Gasteiger partial charge in [-0.3, -0.25) is 5.10 Å². The molecule has 5 heteroatoms. The van der Waals surface area contributed by atoms with Gasteiger partial charge in [-0.2, -0.15) is 5.10 Å². The average molecular weight is 232 g/mol. The second-order valence-corrected chi connectivity index (χ2v) is 3.68. The van der Waals surface area contributed by atoms with Crippen LogP contribution in [0.25, 0.3) is 0 Å². The van der Waals surface area contributed by atoms with E-state index in [4.69, 9.17) is 9.84 Å². The fraction of sp³-hybridized carbons (Fsp3) is 0.167. The van der Waals surface area contributed by atoms with Crippen LogP contribution in [0.2, 0.25) is 0 Å². The molecule has 2 rings (SSSR count). The lowest BCUT2D eigenvalue weighted by molar-refractivity contribution is 0.0687. The number of rotatable bonds is 4. The van der Waals surface area contributed by atoms with Crippen molar-refractivity contribution in [3.8, 4) is 5.75 Å². The maximum absolute atomic E-state index is 10.8. The van der Waals surface area contributed by atoms with E-state index in [0.717, 1.165) is 5.56 Å². The lowest BCUT2D eigenvalue weighted by Gasteiger charge is -2.05. The van der Waals surface area contributed by atoms with Gasteiger partial charge in [-0.25, -0.2) is 4.79 Å². The van der Waals surface area contributed by atoms with Crippen LogP contribution in [-0.2, 0) is 6.61 Å². The lowest BCUT2D eigenvalue weighted by atomic mass is 10.2. The van der Waals surface area contributed by atoms with Gasteiger partial charge in [-0.1, -0.05) is 17.7 Å². The molecule has 0 aliphatic rings. The van der Waals surface area contributed by atoms with E-state index >= 15 is 0 Å². The van der Waals surface area contributed by atoms with Crippen molar-refractivity contribution < 1.29 is 14.6 Å². The predicted octanol–water partition coefficient (Wildman–Crippen LogP) is 2.00. The van der Waals surface area contributed by atoms with Crippen molar-refractivity contribution in [2.75, 3.05) is 0 Å². The van der Waals surface area contributed by atoms with Crippen LogP contribution < -0.4 is 4.74 Å². The zero-order valence-corrected chi connectivity index (χ0v) is 9.30. The first-order valence-electron chi connectivity index (χ1n) is 5.12. The van der Waals surface area contributed by atoms with E-state index in [9.17, 15) is 4.79 Å². The average Bonchev–Trinajstić information content (AvgIpc) is 2.76. The molecule has 0 bridgehead atoms. The van der Waals surface area contributed by atoms with Crippen LogP contribution in [0.4, 0.5) is 0 Å². The summed E-state index contributed by atoms with van der Waals surface area (Å²) in [5, 5.41) is 15.0. The molecule has 1 heterocycles. The Balaban J connectivity index is 2.05. The highest BCUT2D eigenvalue weighted by atomic mass is 16.5. The molecular formula is C12H12N2O3. The van der Waals surface area contributed by atoms with Crippen LogP contribution in [0, 0.1) is 6.92 Å². The Kier molecular flexibility index (Phi) is 3.09. The minimum Gasteiger partial charge on any atom is -0.489 e. The van der Waals surface area contributed by atoms with Crippen molar-refractivity contribution in [2.24, 2.45) is 0 Å². The molecule has 0 spiro atoms. The number of aromatic amines is 1. The zero-order valence-electron chi connectivity index (χ0n) is 9.30. The zero-order chi connectivity index (χ0) is 12.3. The minimum absolute atomic E-state index is 0.0668. The highest BCUT2D eigenvalue weighted by Crippen LogP contribution is 2.14. The first kappa shape index (κ1) is 11.2. The predicted molar refractivity (Wildman–Crippen MR) is 61.1 cm³/mol. The van der Waals surface area contributed by atoms with Crippen molar-refractivity contribution >= 4 is 5.97 Å². The molecule has 0 atom stereocenters. The number of carboxylic acid groups (broad SMARTS) is 1. The summed E-state index contributed by atoms with van der Waals surface area (Å²) in [6.45, 7) is 2.17. The number of hydrogen-bond acceptors (Lipinski definition) is 3. The van der Waals surface area contributed by atoms with E-state index in [1.54, 1.807) is 0 Å². The third-order valence-corrected chi connectivity index (χ3v) is 2.35. The summed E-state index contributed by atoms with van der Waals surface area (Å²) in [4.78, 5) is 10.8. The Hall–Kier alpha value is -2.30. The van der Waals surface area contributed by atoms with Crippen molar-refractivity contribution in [1.29, 1.82) is 0 Å². The molecule has 0 aliphatic carbocycles. The molecule has 1 aromatic carbocycles. The normalized spacial score (nSPS) is 10.2. The number of nitrogens with one attached hydrogen (secondary N) is 1. The van der Waals surface area contributed by atoms with Gasteiger partial charge in [-0.05, 0) is 19.1 Å². The van der Waals surface area contributed by atoms with Crippen LogP contribution >= 0.6 is 0 Å². The first-order valence-corrected chi connectivity index (χ1v) is 5.12. The van der Waals surface area contributed by atoms with Gasteiger partial charge in [0.05, 0.1) is 6.20 Å². The summed E-state index contributed by atoms with van der Waals surface area (Å²) in [6.07, 6.45) is 1.46. The van der Waals surface area contributed by atoms with Gasteiger partial charge in [-0.15, -0.1) is 0 Å². The smallest absolute Gasteiger partial charge is 0.354 e. The molecule has 0 radical (unpaired) electrons. The van der Waals surface area contributed by atoms with E-state index in [2.05, 4.69) is 10.2 Å². The number of aromatic nitrogens is 2. The summed E-state index contributed by atoms with van der Waals surface area (Å²) in [6, 6.07) is 7.55. The van der Waals surface area contributed by atoms with E-state index in [1.165, 1.54) is 6.20 Å². The van der Waals surface area contributed by atoms with Gasteiger partial charge >= 0.3 is 5.97 Å². The van der Waals surface area contributed by atoms with Crippen LogP contribution in [0.5, 0.6) is 5.75 Å². The van der Waals surface area contributed by atoms with Gasteiger partial charge in [0.15, 0.2) is 0 Å². The maximum Gasteiger partial charge on any atom is 0.354 e. The molecule has 0 unspecified atom stereocenters. The van der Waals surface area contributed by atoms with Gasteiger partial charge < -0.3 is 9.84 Å². The van der Waals surface area contributed by atoms with Gasteiger partial charge in [0.1, 0.15) is 18.1 Å². The van der Waals surface area contributed by atoms with Crippen molar-refractivity contribution in [1.82, 2.24) is 10.2 Å². The standard InChI is InChI=1S/C12H12N2O3/c1-8-2-4-10(5-3-8)17-7-9-6-13-14-11(9)12(15)16/h2-6H,7H2,1H3,(H,13,14)(H,15,16). The summed E-state index contributed by atoms with van der Waals surface area (Å²) in [5.74, 6) is -0.335. The molecule has 0 amide bonds. The minimum atomic E-state index is -1.04. The molecule has 0 fully saturated rings. The molecule has 1 aromatic heterocycles. The molecular weight excluding hydrogens is 220 g/mol. The Morgan fingerprint density at radius 1 is 1.41 bits per heavy atom. The summed E-state index contributed by atoms with van der Waals surface area (Å²) in [5.41, 5.74) is 1.74. The van der Waals surface area contributed by atoms with Gasteiger partial charge in [0.2, 0.25) is 0 Å². The van der Waals surface area contributed by atoms with Crippen molar-refractivity contribution in [2.45, 2.75) is 13.5 Å². The van der Waals surface area contributed by atoms with Gasteiger partial charge in [0.25, 0.3) is 0 Å². The lowest BCUT2D eigenvalue weighted by Crippen LogP contribution is -2.04. The number of carboxylic acids is 1. The maximum atomic E-state index is 10.8. The molecule has 17 heavy (non-hydrogen) atoms. The quantitative estimate of drug-likeness (QED) is 0.845. The summed E-state index contributed by atoms with van der Waals surface area (Å²) < 4.78 is 5.47. The second-order valence-electron chi connectivity index (χ2n) is 3.68. The topological polar surface area (TPSA) is 75.2 Å².